The summed E-state index contributed by atoms with van der Waals surface area (Å²) in [6.07, 6.45) is 9.06. The van der Waals surface area contributed by atoms with Crippen LogP contribution in [0.1, 0.15) is 12.8 Å². The zero-order valence-electron chi connectivity index (χ0n) is 7.61. The van der Waals surface area contributed by atoms with Crippen LogP contribution in [0.4, 0.5) is 0 Å². The van der Waals surface area contributed by atoms with Gasteiger partial charge in [0, 0.05) is 13.1 Å². The first kappa shape index (κ1) is 7.80. The predicted octanol–water partition coefficient (Wildman–Crippen LogP) is 0.366. The van der Waals surface area contributed by atoms with E-state index in [0.29, 0.717) is 0 Å². The summed E-state index contributed by atoms with van der Waals surface area (Å²) in [5.74, 6) is 0. The Bertz CT molecular complexity index is 248. The molecule has 1 fully saturated rings. The molecule has 3 heteroatoms. The van der Waals surface area contributed by atoms with E-state index >= 15 is 0 Å². The van der Waals surface area contributed by atoms with Crippen molar-refractivity contribution in [2.24, 2.45) is 7.05 Å². The largest absolute Gasteiger partial charge is 0.267 e. The van der Waals surface area contributed by atoms with E-state index in [0.717, 1.165) is 6.67 Å². The van der Waals surface area contributed by atoms with Gasteiger partial charge < -0.3 is 0 Å². The lowest BCUT2D eigenvalue weighted by Gasteiger charge is -2.10. The van der Waals surface area contributed by atoms with Gasteiger partial charge in [-0.05, 0) is 12.8 Å². The van der Waals surface area contributed by atoms with Gasteiger partial charge in [-0.15, -0.1) is 0 Å². The molecule has 0 spiro atoms. The summed E-state index contributed by atoms with van der Waals surface area (Å²) >= 11 is 0. The first-order valence-electron chi connectivity index (χ1n) is 4.58. The van der Waals surface area contributed by atoms with E-state index < -0.39 is 0 Å². The average molecular weight is 166 g/mol. The Kier molecular flexibility index (Phi) is 2.13. The van der Waals surface area contributed by atoms with E-state index in [9.17, 15) is 0 Å². The molecule has 1 aromatic rings. The van der Waals surface area contributed by atoms with Crippen molar-refractivity contribution < 1.29 is 4.57 Å². The second-order valence-electron chi connectivity index (χ2n) is 3.56. The number of likely N-dealkylation sites (tertiary alicyclic amines) is 1. The van der Waals surface area contributed by atoms with Gasteiger partial charge in [0.15, 0.2) is 0 Å². The lowest BCUT2D eigenvalue weighted by molar-refractivity contribution is -0.671. The third kappa shape index (κ3) is 1.67. The SMILES string of the molecule is C[n+]1ccn(CN2CCCC2)c1. The van der Waals surface area contributed by atoms with Crippen LogP contribution in [-0.2, 0) is 13.7 Å². The molecule has 0 amide bonds. The maximum atomic E-state index is 2.49. The van der Waals surface area contributed by atoms with E-state index in [1.165, 1.54) is 25.9 Å². The predicted molar refractivity (Wildman–Crippen MR) is 46.4 cm³/mol. The van der Waals surface area contributed by atoms with Crippen LogP contribution < -0.4 is 4.57 Å². The molecule has 2 heterocycles. The van der Waals surface area contributed by atoms with Crippen LogP contribution >= 0.6 is 0 Å². The molecule has 3 nitrogen and oxygen atoms in total. The fourth-order valence-electron chi connectivity index (χ4n) is 1.74. The Morgan fingerprint density at radius 2 is 2.08 bits per heavy atom. The quantitative estimate of drug-likeness (QED) is 0.578. The molecule has 66 valence electrons. The van der Waals surface area contributed by atoms with Crippen LogP contribution in [0.2, 0.25) is 0 Å². The third-order valence-electron chi connectivity index (χ3n) is 2.39. The molecular formula is C9H16N3+. The van der Waals surface area contributed by atoms with Gasteiger partial charge in [0.2, 0.25) is 6.33 Å². The number of aromatic nitrogens is 2. The summed E-state index contributed by atoms with van der Waals surface area (Å²) in [6.45, 7) is 3.59. The van der Waals surface area contributed by atoms with Crippen LogP contribution in [0.25, 0.3) is 0 Å². The zero-order valence-corrected chi connectivity index (χ0v) is 7.61. The summed E-state index contributed by atoms with van der Waals surface area (Å²) in [5.41, 5.74) is 0. The van der Waals surface area contributed by atoms with Crippen LogP contribution in [-0.4, -0.2) is 22.6 Å². The fraction of sp³-hybridized carbons (Fsp3) is 0.667. The van der Waals surface area contributed by atoms with Crippen LogP contribution in [0.15, 0.2) is 18.7 Å². The smallest absolute Gasteiger partial charge is 0.244 e. The number of imidazole rings is 1. The fourth-order valence-corrected chi connectivity index (χ4v) is 1.74. The van der Waals surface area contributed by atoms with Gasteiger partial charge in [0.1, 0.15) is 19.1 Å². The maximum Gasteiger partial charge on any atom is 0.244 e. The van der Waals surface area contributed by atoms with Crippen LogP contribution in [0.3, 0.4) is 0 Å². The zero-order chi connectivity index (χ0) is 8.39. The van der Waals surface area contributed by atoms with Crippen molar-refractivity contribution >= 4 is 0 Å². The summed E-state index contributed by atoms with van der Waals surface area (Å²) < 4.78 is 4.31. The molecule has 0 aromatic carbocycles. The lowest BCUT2D eigenvalue weighted by atomic mass is 10.4. The highest BCUT2D eigenvalue weighted by Gasteiger charge is 2.13. The molecule has 0 atom stereocenters. The Morgan fingerprint density at radius 1 is 1.33 bits per heavy atom. The van der Waals surface area contributed by atoms with Crippen molar-refractivity contribution in [2.45, 2.75) is 19.5 Å². The molecule has 0 saturated carbocycles. The second kappa shape index (κ2) is 3.27. The van der Waals surface area contributed by atoms with Crippen molar-refractivity contribution in [3.63, 3.8) is 0 Å². The number of nitrogens with zero attached hydrogens (tertiary/aromatic N) is 3. The molecule has 12 heavy (non-hydrogen) atoms. The average Bonchev–Trinajstić information content (AvgIpc) is 2.63. The number of hydrogen-bond donors (Lipinski definition) is 0. The third-order valence-corrected chi connectivity index (χ3v) is 2.39. The highest BCUT2D eigenvalue weighted by atomic mass is 15.3. The number of aryl methyl sites for hydroxylation is 1. The summed E-state index contributed by atoms with van der Waals surface area (Å²) in [4.78, 5) is 2.49. The van der Waals surface area contributed by atoms with Gasteiger partial charge >= 0.3 is 0 Å². The Hall–Kier alpha value is -0.830. The van der Waals surface area contributed by atoms with E-state index in [1.807, 2.05) is 0 Å². The second-order valence-corrected chi connectivity index (χ2v) is 3.56. The first-order chi connectivity index (χ1) is 5.84. The van der Waals surface area contributed by atoms with E-state index in [2.05, 4.69) is 39.8 Å². The van der Waals surface area contributed by atoms with Crippen molar-refractivity contribution in [3.05, 3.63) is 18.7 Å². The monoisotopic (exact) mass is 166 g/mol. The van der Waals surface area contributed by atoms with Gasteiger partial charge in [0.25, 0.3) is 0 Å². The lowest BCUT2D eigenvalue weighted by Crippen LogP contribution is -2.26. The Labute approximate surface area is 73.2 Å². The number of rotatable bonds is 2. The molecule has 2 rings (SSSR count). The number of hydrogen-bond acceptors (Lipinski definition) is 1. The topological polar surface area (TPSA) is 12.0 Å². The molecule has 1 saturated heterocycles. The summed E-state index contributed by atoms with van der Waals surface area (Å²) in [6, 6.07) is 0. The molecule has 0 aliphatic carbocycles. The van der Waals surface area contributed by atoms with Crippen LogP contribution in [0, 0.1) is 0 Å². The first-order valence-corrected chi connectivity index (χ1v) is 4.58. The Balaban J connectivity index is 1.94. The van der Waals surface area contributed by atoms with Gasteiger partial charge in [-0.1, -0.05) is 0 Å². The van der Waals surface area contributed by atoms with E-state index in [4.69, 9.17) is 0 Å². The van der Waals surface area contributed by atoms with Crippen molar-refractivity contribution in [1.29, 1.82) is 0 Å². The normalized spacial score (nSPS) is 18.8. The Morgan fingerprint density at radius 3 is 2.67 bits per heavy atom. The van der Waals surface area contributed by atoms with E-state index in [-0.39, 0.29) is 0 Å². The highest BCUT2D eigenvalue weighted by Crippen LogP contribution is 2.07. The molecular weight excluding hydrogens is 150 g/mol. The van der Waals surface area contributed by atoms with Gasteiger partial charge in [-0.3, -0.25) is 4.90 Å². The minimum absolute atomic E-state index is 1.06. The maximum absolute atomic E-state index is 2.49. The molecule has 0 N–H and O–H groups in total. The van der Waals surface area contributed by atoms with Gasteiger partial charge in [-0.2, -0.15) is 0 Å². The van der Waals surface area contributed by atoms with Gasteiger partial charge in [-0.25, -0.2) is 9.13 Å². The summed E-state index contributed by atoms with van der Waals surface area (Å²) in [7, 11) is 2.06. The molecule has 1 aliphatic rings. The van der Waals surface area contributed by atoms with Crippen molar-refractivity contribution in [3.8, 4) is 0 Å². The van der Waals surface area contributed by atoms with Crippen molar-refractivity contribution in [2.75, 3.05) is 13.1 Å². The summed E-state index contributed by atoms with van der Waals surface area (Å²) in [5, 5.41) is 0. The molecule has 0 unspecified atom stereocenters. The minimum atomic E-state index is 1.06. The van der Waals surface area contributed by atoms with E-state index in [1.54, 1.807) is 0 Å². The van der Waals surface area contributed by atoms with Crippen molar-refractivity contribution in [1.82, 2.24) is 9.47 Å². The minimum Gasteiger partial charge on any atom is -0.267 e. The molecule has 1 aliphatic heterocycles. The molecule has 1 aromatic heterocycles. The standard InChI is InChI=1S/C9H16N3/c1-10-6-7-12(8-10)9-11-4-2-3-5-11/h6-8H,2-5,9H2,1H3/q+1. The molecule has 0 bridgehead atoms. The highest BCUT2D eigenvalue weighted by molar-refractivity contribution is 4.69. The van der Waals surface area contributed by atoms with Crippen LogP contribution in [0.5, 0.6) is 0 Å². The molecule has 0 radical (unpaired) electrons. The van der Waals surface area contributed by atoms with Gasteiger partial charge in [0.05, 0.1) is 7.05 Å².